The van der Waals surface area contributed by atoms with Gasteiger partial charge in [0.25, 0.3) is 0 Å². The van der Waals surface area contributed by atoms with E-state index in [1.807, 2.05) is 0 Å². The highest BCUT2D eigenvalue weighted by atomic mass is 32.1. The van der Waals surface area contributed by atoms with Crippen LogP contribution in [0.4, 0.5) is 0 Å². The molecule has 2 aromatic rings. The maximum Gasteiger partial charge on any atom is 0.165 e. The maximum atomic E-state index is 4.14. The summed E-state index contributed by atoms with van der Waals surface area (Å²) in [5.41, 5.74) is 1.17. The zero-order valence-electron chi connectivity index (χ0n) is 8.56. The molecule has 0 unspecified atom stereocenters. The van der Waals surface area contributed by atoms with E-state index in [1.54, 1.807) is 17.7 Å². The van der Waals surface area contributed by atoms with Crippen LogP contribution >= 0.6 is 11.3 Å². The van der Waals surface area contributed by atoms with Crippen LogP contribution in [-0.4, -0.2) is 14.8 Å². The Morgan fingerprint density at radius 2 is 2.14 bits per heavy atom. The Labute approximate surface area is 87.4 Å². The Morgan fingerprint density at radius 3 is 2.71 bits per heavy atom. The van der Waals surface area contributed by atoms with Gasteiger partial charge in [-0.15, -0.1) is 10.2 Å². The minimum absolute atomic E-state index is 0.0285. The summed E-state index contributed by atoms with van der Waals surface area (Å²) in [6, 6.07) is 2.07. The van der Waals surface area contributed by atoms with Crippen molar-refractivity contribution in [3.63, 3.8) is 0 Å². The smallest absolute Gasteiger partial charge is 0.165 e. The number of aromatic nitrogens is 3. The Balaban J connectivity index is 2.51. The largest absolute Gasteiger partial charge is 0.308 e. The highest BCUT2D eigenvalue weighted by molar-refractivity contribution is 7.08. The number of thiophene rings is 1. The Kier molecular flexibility index (Phi) is 2.15. The van der Waals surface area contributed by atoms with Gasteiger partial charge in [0.05, 0.1) is 0 Å². The highest BCUT2D eigenvalue weighted by Gasteiger charge is 2.18. The quantitative estimate of drug-likeness (QED) is 0.720. The van der Waals surface area contributed by atoms with Crippen LogP contribution in [0.25, 0.3) is 11.4 Å². The van der Waals surface area contributed by atoms with E-state index in [0.717, 1.165) is 11.4 Å². The molecule has 4 heteroatoms. The first kappa shape index (κ1) is 9.40. The molecule has 14 heavy (non-hydrogen) atoms. The van der Waals surface area contributed by atoms with Gasteiger partial charge in [-0.3, -0.25) is 0 Å². The normalized spacial score (nSPS) is 11.9. The molecular weight excluding hydrogens is 194 g/mol. The third-order valence-electron chi connectivity index (χ3n) is 2.05. The van der Waals surface area contributed by atoms with E-state index in [9.17, 15) is 0 Å². The molecule has 2 aromatic heterocycles. The molecule has 3 nitrogen and oxygen atoms in total. The van der Waals surface area contributed by atoms with E-state index in [-0.39, 0.29) is 5.54 Å². The van der Waals surface area contributed by atoms with E-state index in [0.29, 0.717) is 0 Å². The second kappa shape index (κ2) is 3.20. The summed E-state index contributed by atoms with van der Waals surface area (Å²) in [4.78, 5) is 0. The van der Waals surface area contributed by atoms with E-state index in [4.69, 9.17) is 0 Å². The van der Waals surface area contributed by atoms with Crippen LogP contribution in [0, 0.1) is 0 Å². The molecule has 0 radical (unpaired) electrons. The van der Waals surface area contributed by atoms with Crippen LogP contribution in [0.3, 0.4) is 0 Å². The van der Waals surface area contributed by atoms with Crippen molar-refractivity contribution in [3.05, 3.63) is 23.2 Å². The van der Waals surface area contributed by atoms with Crippen LogP contribution in [0.2, 0.25) is 0 Å². The molecule has 74 valence electrons. The lowest BCUT2D eigenvalue weighted by molar-refractivity contribution is 0.400. The van der Waals surface area contributed by atoms with Gasteiger partial charge >= 0.3 is 0 Å². The molecule has 0 atom stereocenters. The first-order chi connectivity index (χ1) is 6.59. The molecule has 0 saturated heterocycles. The Morgan fingerprint density at radius 1 is 1.36 bits per heavy atom. The van der Waals surface area contributed by atoms with Crippen LogP contribution in [0.1, 0.15) is 20.8 Å². The van der Waals surface area contributed by atoms with Crippen molar-refractivity contribution in [1.29, 1.82) is 0 Å². The summed E-state index contributed by atoms with van der Waals surface area (Å²) >= 11 is 1.68. The van der Waals surface area contributed by atoms with Gasteiger partial charge in [-0.2, -0.15) is 11.3 Å². The molecule has 2 heterocycles. The Bertz CT molecular complexity index is 409. The van der Waals surface area contributed by atoms with Gasteiger partial charge in [0, 0.05) is 16.5 Å². The molecule has 0 aliphatic rings. The van der Waals surface area contributed by atoms with Crippen LogP contribution in [0.15, 0.2) is 23.2 Å². The zero-order chi connectivity index (χ0) is 10.2. The van der Waals surface area contributed by atoms with Gasteiger partial charge < -0.3 is 4.57 Å². The first-order valence-corrected chi connectivity index (χ1v) is 5.46. The first-order valence-electron chi connectivity index (χ1n) is 4.52. The second-order valence-electron chi connectivity index (χ2n) is 4.21. The van der Waals surface area contributed by atoms with Crippen LogP contribution < -0.4 is 0 Å². The lowest BCUT2D eigenvalue weighted by atomic mass is 10.1. The minimum atomic E-state index is 0.0285. The SMILES string of the molecule is CC(C)(C)n1cnnc1-c1ccsc1. The van der Waals surface area contributed by atoms with Gasteiger partial charge in [-0.1, -0.05) is 0 Å². The predicted molar refractivity (Wildman–Crippen MR) is 58.3 cm³/mol. The van der Waals surface area contributed by atoms with Gasteiger partial charge in [-0.05, 0) is 32.2 Å². The molecule has 0 aliphatic carbocycles. The number of hydrogen-bond acceptors (Lipinski definition) is 3. The lowest BCUT2D eigenvalue weighted by Crippen LogP contribution is -2.21. The van der Waals surface area contributed by atoms with Gasteiger partial charge in [0.1, 0.15) is 6.33 Å². The maximum absolute atomic E-state index is 4.14. The summed E-state index contributed by atoms with van der Waals surface area (Å²) in [5, 5.41) is 12.2. The predicted octanol–water partition coefficient (Wildman–Crippen LogP) is 2.76. The molecule has 2 rings (SSSR count). The molecule has 0 saturated carbocycles. The fourth-order valence-corrected chi connectivity index (χ4v) is 1.95. The summed E-state index contributed by atoms with van der Waals surface area (Å²) in [5.74, 6) is 0.943. The summed E-state index contributed by atoms with van der Waals surface area (Å²) < 4.78 is 2.09. The molecule has 0 amide bonds. The standard InChI is InChI=1S/C10H13N3S/c1-10(2,3)13-7-11-12-9(13)8-4-5-14-6-8/h4-7H,1-3H3. The monoisotopic (exact) mass is 207 g/mol. The van der Waals surface area contributed by atoms with Gasteiger partial charge in [-0.25, -0.2) is 0 Å². The van der Waals surface area contributed by atoms with Crippen molar-refractivity contribution in [2.24, 2.45) is 0 Å². The zero-order valence-corrected chi connectivity index (χ0v) is 9.38. The third-order valence-corrected chi connectivity index (χ3v) is 2.73. The fourth-order valence-electron chi connectivity index (χ4n) is 1.31. The molecule has 0 N–H and O–H groups in total. The van der Waals surface area contributed by atoms with Crippen LogP contribution in [0.5, 0.6) is 0 Å². The Hall–Kier alpha value is -1.16. The average molecular weight is 207 g/mol. The van der Waals surface area contributed by atoms with Crippen molar-refractivity contribution in [2.75, 3.05) is 0 Å². The van der Waals surface area contributed by atoms with Gasteiger partial charge in [0.15, 0.2) is 5.82 Å². The molecular formula is C10H13N3S. The third kappa shape index (κ3) is 1.57. The van der Waals surface area contributed by atoms with Crippen LogP contribution in [-0.2, 0) is 5.54 Å². The van der Waals surface area contributed by atoms with Crippen molar-refractivity contribution >= 4 is 11.3 Å². The molecule has 0 fully saturated rings. The number of rotatable bonds is 1. The highest BCUT2D eigenvalue weighted by Crippen LogP contribution is 2.24. The average Bonchev–Trinajstić information content (AvgIpc) is 2.73. The summed E-state index contributed by atoms with van der Waals surface area (Å²) in [6.45, 7) is 6.44. The molecule has 0 bridgehead atoms. The molecule has 0 spiro atoms. The molecule has 0 aromatic carbocycles. The summed E-state index contributed by atoms with van der Waals surface area (Å²) in [7, 11) is 0. The van der Waals surface area contributed by atoms with E-state index in [1.165, 1.54) is 0 Å². The second-order valence-corrected chi connectivity index (χ2v) is 4.99. The number of hydrogen-bond donors (Lipinski definition) is 0. The minimum Gasteiger partial charge on any atom is -0.308 e. The van der Waals surface area contributed by atoms with Crippen molar-refractivity contribution in [1.82, 2.24) is 14.8 Å². The van der Waals surface area contributed by atoms with E-state index < -0.39 is 0 Å². The van der Waals surface area contributed by atoms with E-state index >= 15 is 0 Å². The van der Waals surface area contributed by atoms with Crippen molar-refractivity contribution < 1.29 is 0 Å². The summed E-state index contributed by atoms with van der Waals surface area (Å²) in [6.07, 6.45) is 1.78. The van der Waals surface area contributed by atoms with E-state index in [2.05, 4.69) is 52.4 Å². The van der Waals surface area contributed by atoms with Gasteiger partial charge in [0.2, 0.25) is 0 Å². The fraction of sp³-hybridized carbons (Fsp3) is 0.400. The van der Waals surface area contributed by atoms with Crippen molar-refractivity contribution in [2.45, 2.75) is 26.3 Å². The lowest BCUT2D eigenvalue weighted by Gasteiger charge is -2.21. The number of nitrogens with zero attached hydrogens (tertiary/aromatic N) is 3. The van der Waals surface area contributed by atoms with Crippen molar-refractivity contribution in [3.8, 4) is 11.4 Å². The molecule has 0 aliphatic heterocycles. The topological polar surface area (TPSA) is 30.7 Å².